The minimum Gasteiger partial charge on any atom is -0.366 e. The maximum absolute atomic E-state index is 11.3. The van der Waals surface area contributed by atoms with Crippen LogP contribution in [0.2, 0.25) is 0 Å². The molecule has 0 aliphatic carbocycles. The summed E-state index contributed by atoms with van der Waals surface area (Å²) >= 11 is 3.15. The van der Waals surface area contributed by atoms with Crippen molar-refractivity contribution in [2.24, 2.45) is 5.73 Å². The maximum Gasteiger partial charge on any atom is 0.248 e. The van der Waals surface area contributed by atoms with E-state index in [2.05, 4.69) is 21.2 Å². The van der Waals surface area contributed by atoms with E-state index in [0.717, 1.165) is 0 Å². The van der Waals surface area contributed by atoms with Crippen LogP contribution >= 0.6 is 15.9 Å². The van der Waals surface area contributed by atoms with Crippen molar-refractivity contribution in [3.05, 3.63) is 29.8 Å². The Kier molecular flexibility index (Phi) is 3.85. The number of halogens is 1. The highest BCUT2D eigenvalue weighted by atomic mass is 79.9. The van der Waals surface area contributed by atoms with Crippen molar-refractivity contribution in [3.8, 4) is 0 Å². The molecule has 1 aromatic carbocycles. The molecule has 0 aliphatic heterocycles. The summed E-state index contributed by atoms with van der Waals surface area (Å²) in [7, 11) is 0. The van der Waals surface area contributed by atoms with Gasteiger partial charge in [-0.25, -0.2) is 0 Å². The van der Waals surface area contributed by atoms with E-state index in [9.17, 15) is 9.59 Å². The van der Waals surface area contributed by atoms with Crippen molar-refractivity contribution in [3.63, 3.8) is 0 Å². The molecule has 1 unspecified atom stereocenters. The van der Waals surface area contributed by atoms with Crippen molar-refractivity contribution >= 4 is 33.4 Å². The van der Waals surface area contributed by atoms with Crippen LogP contribution in [0.3, 0.4) is 0 Å². The number of primary amides is 1. The predicted molar refractivity (Wildman–Crippen MR) is 62.0 cm³/mol. The molecule has 3 N–H and O–H groups in total. The van der Waals surface area contributed by atoms with Crippen LogP contribution in [0.1, 0.15) is 17.3 Å². The summed E-state index contributed by atoms with van der Waals surface area (Å²) in [6, 6.07) is 6.40. The van der Waals surface area contributed by atoms with Gasteiger partial charge in [0.2, 0.25) is 11.8 Å². The second-order valence-corrected chi connectivity index (χ2v) is 4.42. The Labute approximate surface area is 96.0 Å². The van der Waals surface area contributed by atoms with Crippen LogP contribution in [0.4, 0.5) is 5.69 Å². The van der Waals surface area contributed by atoms with Crippen molar-refractivity contribution in [2.75, 3.05) is 5.32 Å². The number of nitrogens with one attached hydrogen (secondary N) is 1. The van der Waals surface area contributed by atoms with Gasteiger partial charge in [-0.3, -0.25) is 9.59 Å². The van der Waals surface area contributed by atoms with Crippen molar-refractivity contribution in [1.82, 2.24) is 0 Å². The van der Waals surface area contributed by atoms with Gasteiger partial charge in [-0.05, 0) is 31.2 Å². The lowest BCUT2D eigenvalue weighted by molar-refractivity contribution is -0.115. The zero-order chi connectivity index (χ0) is 11.4. The van der Waals surface area contributed by atoms with Gasteiger partial charge in [-0.15, -0.1) is 0 Å². The van der Waals surface area contributed by atoms with Crippen LogP contribution < -0.4 is 11.1 Å². The number of hydrogen-bond acceptors (Lipinski definition) is 2. The predicted octanol–water partition coefficient (Wildman–Crippen LogP) is 1.51. The van der Waals surface area contributed by atoms with Crippen LogP contribution in [0, 0.1) is 0 Å². The van der Waals surface area contributed by atoms with Gasteiger partial charge in [-0.1, -0.05) is 15.9 Å². The fraction of sp³-hybridized carbons (Fsp3) is 0.200. The number of hydrogen-bond donors (Lipinski definition) is 2. The lowest BCUT2D eigenvalue weighted by Gasteiger charge is -2.06. The topological polar surface area (TPSA) is 72.2 Å². The van der Waals surface area contributed by atoms with Crippen molar-refractivity contribution in [2.45, 2.75) is 11.8 Å². The van der Waals surface area contributed by atoms with Crippen LogP contribution in [-0.2, 0) is 4.79 Å². The molecule has 1 rings (SSSR count). The molecule has 0 fully saturated rings. The highest BCUT2D eigenvalue weighted by Crippen LogP contribution is 2.10. The minimum absolute atomic E-state index is 0.137. The SMILES string of the molecule is CC(Br)C(=O)Nc1ccc(C(N)=O)cc1. The Balaban J connectivity index is 2.73. The Bertz CT molecular complexity index is 374. The molecule has 80 valence electrons. The molecule has 0 aromatic heterocycles. The molecule has 0 aliphatic rings. The summed E-state index contributed by atoms with van der Waals surface area (Å²) in [6.07, 6.45) is 0. The first-order valence-corrected chi connectivity index (χ1v) is 5.27. The smallest absolute Gasteiger partial charge is 0.248 e. The lowest BCUT2D eigenvalue weighted by atomic mass is 10.2. The molecule has 2 amide bonds. The summed E-state index contributed by atoms with van der Waals surface area (Å²) in [4.78, 5) is 21.8. The quantitative estimate of drug-likeness (QED) is 0.818. The third-order valence-corrected chi connectivity index (χ3v) is 2.21. The van der Waals surface area contributed by atoms with E-state index in [4.69, 9.17) is 5.73 Å². The first kappa shape index (κ1) is 11.7. The van der Waals surface area contributed by atoms with Crippen LogP contribution in [0.25, 0.3) is 0 Å². The van der Waals surface area contributed by atoms with Gasteiger partial charge in [-0.2, -0.15) is 0 Å². The number of alkyl halides is 1. The van der Waals surface area contributed by atoms with Crippen molar-refractivity contribution < 1.29 is 9.59 Å². The van der Waals surface area contributed by atoms with Crippen molar-refractivity contribution in [1.29, 1.82) is 0 Å². The largest absolute Gasteiger partial charge is 0.366 e. The third kappa shape index (κ3) is 3.36. The number of benzene rings is 1. The molecular weight excluding hydrogens is 260 g/mol. The van der Waals surface area contributed by atoms with E-state index in [1.54, 1.807) is 31.2 Å². The summed E-state index contributed by atoms with van der Waals surface area (Å²) in [6.45, 7) is 1.73. The number of nitrogens with two attached hydrogens (primary N) is 1. The molecule has 0 heterocycles. The second-order valence-electron chi connectivity index (χ2n) is 3.05. The number of rotatable bonds is 3. The van der Waals surface area contributed by atoms with Gasteiger partial charge in [0.05, 0.1) is 4.83 Å². The van der Waals surface area contributed by atoms with Gasteiger partial charge >= 0.3 is 0 Å². The number of carbonyl (C=O) groups excluding carboxylic acids is 2. The molecule has 5 heteroatoms. The molecular formula is C10H11BrN2O2. The van der Waals surface area contributed by atoms with Gasteiger partial charge in [0.15, 0.2) is 0 Å². The average Bonchev–Trinajstić information content (AvgIpc) is 2.18. The Morgan fingerprint density at radius 1 is 1.33 bits per heavy atom. The van der Waals surface area contributed by atoms with Gasteiger partial charge < -0.3 is 11.1 Å². The molecule has 1 atom stereocenters. The number of anilines is 1. The molecule has 0 saturated heterocycles. The van der Waals surface area contributed by atoms with E-state index in [1.165, 1.54) is 0 Å². The van der Waals surface area contributed by atoms with E-state index >= 15 is 0 Å². The van der Waals surface area contributed by atoms with E-state index < -0.39 is 5.91 Å². The second kappa shape index (κ2) is 4.93. The highest BCUT2D eigenvalue weighted by Gasteiger charge is 2.08. The molecule has 15 heavy (non-hydrogen) atoms. The minimum atomic E-state index is -0.485. The third-order valence-electron chi connectivity index (χ3n) is 1.80. The zero-order valence-electron chi connectivity index (χ0n) is 8.16. The number of amides is 2. The molecule has 0 saturated carbocycles. The molecule has 4 nitrogen and oxygen atoms in total. The first-order valence-electron chi connectivity index (χ1n) is 4.35. The van der Waals surface area contributed by atoms with E-state index in [-0.39, 0.29) is 10.7 Å². The summed E-state index contributed by atoms with van der Waals surface area (Å²) in [5, 5.41) is 2.67. The fourth-order valence-corrected chi connectivity index (χ4v) is 1.07. The van der Waals surface area contributed by atoms with Crippen LogP contribution in [0.15, 0.2) is 24.3 Å². The van der Waals surface area contributed by atoms with Gasteiger partial charge in [0, 0.05) is 11.3 Å². The highest BCUT2D eigenvalue weighted by molar-refractivity contribution is 9.10. The normalized spacial score (nSPS) is 11.9. The van der Waals surface area contributed by atoms with Gasteiger partial charge in [0.1, 0.15) is 0 Å². The Hall–Kier alpha value is -1.36. The number of carbonyl (C=O) groups is 2. The molecule has 0 spiro atoms. The Morgan fingerprint density at radius 3 is 2.27 bits per heavy atom. The lowest BCUT2D eigenvalue weighted by Crippen LogP contribution is -2.20. The van der Waals surface area contributed by atoms with Gasteiger partial charge in [0.25, 0.3) is 0 Å². The summed E-state index contributed by atoms with van der Waals surface area (Å²) < 4.78 is 0. The summed E-state index contributed by atoms with van der Waals surface area (Å²) in [5.74, 6) is -0.622. The van der Waals surface area contributed by atoms with E-state index in [0.29, 0.717) is 11.3 Å². The standard InChI is InChI=1S/C10H11BrN2O2/c1-6(11)10(15)13-8-4-2-7(3-5-8)9(12)14/h2-6H,1H3,(H2,12,14)(H,13,15). The van der Waals surface area contributed by atoms with Crippen LogP contribution in [0.5, 0.6) is 0 Å². The molecule has 0 radical (unpaired) electrons. The Morgan fingerprint density at radius 2 is 1.87 bits per heavy atom. The molecule has 0 bridgehead atoms. The fourth-order valence-electron chi connectivity index (χ4n) is 0.960. The summed E-state index contributed by atoms with van der Waals surface area (Å²) in [5.41, 5.74) is 6.13. The molecule has 1 aromatic rings. The maximum atomic E-state index is 11.3. The monoisotopic (exact) mass is 270 g/mol. The average molecular weight is 271 g/mol. The first-order chi connectivity index (χ1) is 7.00. The van der Waals surface area contributed by atoms with E-state index in [1.807, 2.05) is 0 Å². The zero-order valence-corrected chi connectivity index (χ0v) is 9.74. The van der Waals surface area contributed by atoms with Crippen LogP contribution in [-0.4, -0.2) is 16.6 Å².